The van der Waals surface area contributed by atoms with E-state index in [1.54, 1.807) is 41.3 Å². The second kappa shape index (κ2) is 8.60. The Morgan fingerprint density at radius 2 is 1.94 bits per heavy atom. The molecule has 0 spiro atoms. The standard InChI is InChI=1S/C21H20N4O5S/c1-29-15-5-2-4-14(12-15)25-19(27)16(18(26)22-21(25)31)13-23-7-9-24(10-8-23)20(28)17-6-3-11-30-17/h2-6,11-13H,7-10H2,1H3,(H,22,26,31)/b16-13+. The molecule has 2 aliphatic rings. The van der Waals surface area contributed by atoms with Crippen molar-refractivity contribution in [3.63, 3.8) is 0 Å². The molecule has 1 aromatic carbocycles. The Balaban J connectivity index is 1.49. The maximum Gasteiger partial charge on any atom is 0.289 e. The molecule has 1 N–H and O–H groups in total. The summed E-state index contributed by atoms with van der Waals surface area (Å²) in [6.07, 6.45) is 2.99. The summed E-state index contributed by atoms with van der Waals surface area (Å²) in [5, 5.41) is 2.57. The van der Waals surface area contributed by atoms with Crippen LogP contribution in [-0.4, -0.2) is 65.9 Å². The highest BCUT2D eigenvalue weighted by atomic mass is 32.1. The summed E-state index contributed by atoms with van der Waals surface area (Å²) in [7, 11) is 1.53. The number of hydrogen-bond acceptors (Lipinski definition) is 7. The largest absolute Gasteiger partial charge is 0.497 e. The zero-order valence-electron chi connectivity index (χ0n) is 16.7. The highest BCUT2D eigenvalue weighted by Crippen LogP contribution is 2.25. The number of rotatable bonds is 4. The van der Waals surface area contributed by atoms with Crippen molar-refractivity contribution in [2.24, 2.45) is 0 Å². The van der Waals surface area contributed by atoms with Crippen molar-refractivity contribution < 1.29 is 23.5 Å². The predicted molar refractivity (Wildman–Crippen MR) is 115 cm³/mol. The lowest BCUT2D eigenvalue weighted by Gasteiger charge is -2.35. The first kappa shape index (κ1) is 20.6. The van der Waals surface area contributed by atoms with Crippen LogP contribution >= 0.6 is 12.2 Å². The lowest BCUT2D eigenvalue weighted by molar-refractivity contribution is -0.122. The van der Waals surface area contributed by atoms with E-state index in [0.717, 1.165) is 0 Å². The minimum absolute atomic E-state index is 0.00858. The number of carbonyl (C=O) groups excluding carboxylic acids is 3. The Kier molecular flexibility index (Phi) is 5.72. The SMILES string of the molecule is COc1cccc(N2C(=O)/C(=C/N3CCN(C(=O)c4ccco4)CC3)C(=O)NC2=S)c1. The molecule has 2 aromatic rings. The molecule has 4 rings (SSSR count). The summed E-state index contributed by atoms with van der Waals surface area (Å²) in [5.41, 5.74) is 0.469. The average Bonchev–Trinajstić information content (AvgIpc) is 3.31. The van der Waals surface area contributed by atoms with E-state index in [2.05, 4.69) is 5.32 Å². The molecule has 31 heavy (non-hydrogen) atoms. The number of carbonyl (C=O) groups is 3. The summed E-state index contributed by atoms with van der Waals surface area (Å²) >= 11 is 5.22. The number of benzene rings is 1. The number of furan rings is 1. The molecule has 9 nitrogen and oxygen atoms in total. The second-order valence-electron chi connectivity index (χ2n) is 6.95. The zero-order valence-corrected chi connectivity index (χ0v) is 17.6. The molecule has 1 aromatic heterocycles. The number of amides is 3. The molecular weight excluding hydrogens is 420 g/mol. The van der Waals surface area contributed by atoms with Crippen LogP contribution in [0.15, 0.2) is 58.9 Å². The van der Waals surface area contributed by atoms with Gasteiger partial charge in [-0.2, -0.15) is 0 Å². The van der Waals surface area contributed by atoms with Gasteiger partial charge in [-0.05, 0) is 36.5 Å². The van der Waals surface area contributed by atoms with Crippen molar-refractivity contribution in [2.45, 2.75) is 0 Å². The van der Waals surface area contributed by atoms with E-state index in [1.807, 2.05) is 4.90 Å². The fraction of sp³-hybridized carbons (Fsp3) is 0.238. The van der Waals surface area contributed by atoms with Gasteiger partial charge in [-0.3, -0.25) is 24.6 Å². The molecule has 0 saturated carbocycles. The summed E-state index contributed by atoms with van der Waals surface area (Å²) < 4.78 is 10.4. The van der Waals surface area contributed by atoms with Gasteiger partial charge in [0.1, 0.15) is 11.3 Å². The topological polar surface area (TPSA) is 95.3 Å². The van der Waals surface area contributed by atoms with E-state index < -0.39 is 11.8 Å². The van der Waals surface area contributed by atoms with Gasteiger partial charge in [0.05, 0.1) is 19.1 Å². The lowest BCUT2D eigenvalue weighted by atomic mass is 10.1. The smallest absolute Gasteiger partial charge is 0.289 e. The van der Waals surface area contributed by atoms with E-state index in [-0.39, 0.29) is 22.4 Å². The summed E-state index contributed by atoms with van der Waals surface area (Å²) in [4.78, 5) is 42.8. The Morgan fingerprint density at radius 1 is 1.16 bits per heavy atom. The predicted octanol–water partition coefficient (Wildman–Crippen LogP) is 1.38. The monoisotopic (exact) mass is 440 g/mol. The average molecular weight is 440 g/mol. The lowest BCUT2D eigenvalue weighted by Crippen LogP contribution is -2.55. The number of nitrogens with zero attached hydrogens (tertiary/aromatic N) is 3. The van der Waals surface area contributed by atoms with Gasteiger partial charge in [0.15, 0.2) is 10.9 Å². The number of thiocarbonyl (C=S) groups is 1. The summed E-state index contributed by atoms with van der Waals surface area (Å²) in [6.45, 7) is 1.83. The van der Waals surface area contributed by atoms with Gasteiger partial charge in [-0.15, -0.1) is 0 Å². The van der Waals surface area contributed by atoms with Crippen LogP contribution in [-0.2, 0) is 9.59 Å². The first-order valence-corrected chi connectivity index (χ1v) is 10.0. The van der Waals surface area contributed by atoms with Gasteiger partial charge in [0, 0.05) is 38.4 Å². The summed E-state index contributed by atoms with van der Waals surface area (Å²) in [6, 6.07) is 10.1. The first-order chi connectivity index (χ1) is 15.0. The third-order valence-corrected chi connectivity index (χ3v) is 5.34. The zero-order chi connectivity index (χ0) is 22.0. The molecule has 2 fully saturated rings. The van der Waals surface area contributed by atoms with Crippen LogP contribution in [0.2, 0.25) is 0 Å². The van der Waals surface area contributed by atoms with Crippen molar-refractivity contribution >= 4 is 40.7 Å². The summed E-state index contributed by atoms with van der Waals surface area (Å²) in [5.74, 6) is -0.401. The van der Waals surface area contributed by atoms with Crippen LogP contribution in [0.5, 0.6) is 5.75 Å². The Morgan fingerprint density at radius 3 is 2.61 bits per heavy atom. The van der Waals surface area contributed by atoms with Gasteiger partial charge in [0.25, 0.3) is 17.7 Å². The fourth-order valence-corrected chi connectivity index (χ4v) is 3.70. The van der Waals surface area contributed by atoms with Gasteiger partial charge < -0.3 is 19.0 Å². The van der Waals surface area contributed by atoms with E-state index in [1.165, 1.54) is 24.5 Å². The highest BCUT2D eigenvalue weighted by molar-refractivity contribution is 7.80. The normalized spacial score (nSPS) is 18.4. The van der Waals surface area contributed by atoms with Crippen molar-refractivity contribution in [1.29, 1.82) is 0 Å². The molecule has 0 unspecified atom stereocenters. The van der Waals surface area contributed by atoms with Crippen LogP contribution < -0.4 is 15.0 Å². The van der Waals surface area contributed by atoms with Gasteiger partial charge >= 0.3 is 0 Å². The Bertz CT molecular complexity index is 1060. The van der Waals surface area contributed by atoms with E-state index >= 15 is 0 Å². The van der Waals surface area contributed by atoms with Crippen molar-refractivity contribution in [3.05, 3.63) is 60.2 Å². The number of hydrogen-bond donors (Lipinski definition) is 1. The van der Waals surface area contributed by atoms with Crippen LogP contribution in [0, 0.1) is 0 Å². The minimum atomic E-state index is -0.553. The van der Waals surface area contributed by atoms with E-state index in [9.17, 15) is 14.4 Å². The number of ether oxygens (including phenoxy) is 1. The third kappa shape index (κ3) is 4.15. The third-order valence-electron chi connectivity index (χ3n) is 5.06. The molecule has 3 amide bonds. The van der Waals surface area contributed by atoms with Crippen LogP contribution in [0.4, 0.5) is 5.69 Å². The quantitative estimate of drug-likeness (QED) is 0.436. The van der Waals surface area contributed by atoms with Crippen LogP contribution in [0.1, 0.15) is 10.6 Å². The minimum Gasteiger partial charge on any atom is -0.497 e. The number of piperazine rings is 1. The molecule has 160 valence electrons. The highest BCUT2D eigenvalue weighted by Gasteiger charge is 2.35. The molecule has 0 atom stereocenters. The van der Waals surface area contributed by atoms with Gasteiger partial charge in [-0.25, -0.2) is 0 Å². The number of anilines is 1. The first-order valence-electron chi connectivity index (χ1n) is 9.60. The molecule has 0 radical (unpaired) electrons. The van der Waals surface area contributed by atoms with Crippen molar-refractivity contribution in [2.75, 3.05) is 38.2 Å². The molecule has 3 heterocycles. The van der Waals surface area contributed by atoms with Gasteiger partial charge in [-0.1, -0.05) is 6.07 Å². The van der Waals surface area contributed by atoms with Gasteiger partial charge in [0.2, 0.25) is 0 Å². The molecule has 0 bridgehead atoms. The van der Waals surface area contributed by atoms with Crippen LogP contribution in [0.25, 0.3) is 0 Å². The van der Waals surface area contributed by atoms with Crippen LogP contribution in [0.3, 0.4) is 0 Å². The second-order valence-corrected chi connectivity index (χ2v) is 7.34. The molecule has 0 aliphatic carbocycles. The fourth-order valence-electron chi connectivity index (χ4n) is 3.42. The number of nitrogens with one attached hydrogen (secondary N) is 1. The van der Waals surface area contributed by atoms with E-state index in [4.69, 9.17) is 21.4 Å². The Hall–Kier alpha value is -3.66. The molecule has 10 heteroatoms. The van der Waals surface area contributed by atoms with Crippen molar-refractivity contribution in [3.8, 4) is 5.75 Å². The molecular formula is C21H20N4O5S. The number of methoxy groups -OCH3 is 1. The maximum absolute atomic E-state index is 13.1. The maximum atomic E-state index is 13.1. The van der Waals surface area contributed by atoms with E-state index in [0.29, 0.717) is 37.6 Å². The van der Waals surface area contributed by atoms with Crippen molar-refractivity contribution in [1.82, 2.24) is 15.1 Å². The Labute approximate surface area is 183 Å². The molecule has 2 saturated heterocycles. The molecule has 2 aliphatic heterocycles.